The van der Waals surface area contributed by atoms with Gasteiger partial charge in [-0.3, -0.25) is 0 Å². The van der Waals surface area contributed by atoms with Gasteiger partial charge in [-0.2, -0.15) is 0 Å². The normalized spacial score (nSPS) is 23.0. The summed E-state index contributed by atoms with van der Waals surface area (Å²) in [6.07, 6.45) is 5.62. The predicted molar refractivity (Wildman–Crippen MR) is 78.9 cm³/mol. The third-order valence-corrected chi connectivity index (χ3v) is 3.88. The number of nitrogens with one attached hydrogen (secondary N) is 1. The van der Waals surface area contributed by atoms with Crippen molar-refractivity contribution < 1.29 is 4.74 Å². The number of ether oxygens (including phenoxy) is 1. The Hall–Kier alpha value is -0.0800. The van der Waals surface area contributed by atoms with E-state index in [4.69, 9.17) is 4.74 Å². The molecule has 1 saturated carbocycles. The molecule has 1 N–H and O–H groups in total. The molecule has 2 heteroatoms. The van der Waals surface area contributed by atoms with Crippen LogP contribution in [0, 0.1) is 11.3 Å². The third-order valence-electron chi connectivity index (χ3n) is 3.88. The molecular formula is C16H33NO. The summed E-state index contributed by atoms with van der Waals surface area (Å²) in [5, 5.41) is 3.54. The van der Waals surface area contributed by atoms with Crippen LogP contribution in [0.3, 0.4) is 0 Å². The highest BCUT2D eigenvalue weighted by molar-refractivity contribution is 4.79. The Balaban J connectivity index is 2.14. The molecule has 1 aliphatic rings. The molecule has 0 saturated heterocycles. The largest absolute Gasteiger partial charge is 0.378 e. The Morgan fingerprint density at radius 3 is 2.28 bits per heavy atom. The zero-order valence-corrected chi connectivity index (χ0v) is 13.3. The van der Waals surface area contributed by atoms with E-state index in [1.807, 2.05) is 0 Å². The minimum atomic E-state index is 0.211. The summed E-state index contributed by atoms with van der Waals surface area (Å²) >= 11 is 0. The SMILES string of the molecule is CC(CNC(C)(C)C)COC1CCC(C)(C)CC1. The van der Waals surface area contributed by atoms with Crippen LogP contribution < -0.4 is 5.32 Å². The van der Waals surface area contributed by atoms with Gasteiger partial charge in [-0.25, -0.2) is 0 Å². The molecule has 18 heavy (non-hydrogen) atoms. The topological polar surface area (TPSA) is 21.3 Å². The van der Waals surface area contributed by atoms with Gasteiger partial charge in [0.2, 0.25) is 0 Å². The molecule has 1 atom stereocenters. The van der Waals surface area contributed by atoms with Crippen molar-refractivity contribution in [2.75, 3.05) is 13.2 Å². The van der Waals surface area contributed by atoms with Crippen molar-refractivity contribution in [2.24, 2.45) is 11.3 Å². The maximum atomic E-state index is 6.06. The van der Waals surface area contributed by atoms with E-state index in [0.29, 0.717) is 17.4 Å². The van der Waals surface area contributed by atoms with Crippen LogP contribution in [0.4, 0.5) is 0 Å². The molecule has 0 spiro atoms. The van der Waals surface area contributed by atoms with Crippen LogP contribution in [0.15, 0.2) is 0 Å². The van der Waals surface area contributed by atoms with Gasteiger partial charge in [-0.15, -0.1) is 0 Å². The fourth-order valence-corrected chi connectivity index (χ4v) is 2.38. The molecule has 0 bridgehead atoms. The predicted octanol–water partition coefficient (Wildman–Crippen LogP) is 4.00. The van der Waals surface area contributed by atoms with Crippen molar-refractivity contribution in [2.45, 2.75) is 78.9 Å². The van der Waals surface area contributed by atoms with Crippen molar-refractivity contribution in [3.63, 3.8) is 0 Å². The van der Waals surface area contributed by atoms with Gasteiger partial charge in [-0.05, 0) is 57.8 Å². The first-order chi connectivity index (χ1) is 8.18. The van der Waals surface area contributed by atoms with Gasteiger partial charge in [0.25, 0.3) is 0 Å². The van der Waals surface area contributed by atoms with Crippen LogP contribution in [0.2, 0.25) is 0 Å². The summed E-state index contributed by atoms with van der Waals surface area (Å²) < 4.78 is 6.06. The van der Waals surface area contributed by atoms with Crippen molar-refractivity contribution >= 4 is 0 Å². The van der Waals surface area contributed by atoms with E-state index in [2.05, 4.69) is 46.9 Å². The van der Waals surface area contributed by atoms with Crippen LogP contribution in [0.5, 0.6) is 0 Å². The fraction of sp³-hybridized carbons (Fsp3) is 1.00. The van der Waals surface area contributed by atoms with Crippen LogP contribution in [-0.2, 0) is 4.74 Å². The highest BCUT2D eigenvalue weighted by atomic mass is 16.5. The van der Waals surface area contributed by atoms with Gasteiger partial charge in [0.05, 0.1) is 12.7 Å². The summed E-state index contributed by atoms with van der Waals surface area (Å²) in [4.78, 5) is 0. The Bertz CT molecular complexity index is 232. The molecule has 0 heterocycles. The molecule has 0 aliphatic heterocycles. The van der Waals surface area contributed by atoms with Crippen LogP contribution in [0.1, 0.15) is 67.2 Å². The van der Waals surface area contributed by atoms with Crippen molar-refractivity contribution in [3.05, 3.63) is 0 Å². The van der Waals surface area contributed by atoms with E-state index in [1.165, 1.54) is 25.7 Å². The van der Waals surface area contributed by atoms with Crippen molar-refractivity contribution in [1.82, 2.24) is 5.32 Å². The van der Waals surface area contributed by atoms with E-state index in [-0.39, 0.29) is 5.54 Å². The smallest absolute Gasteiger partial charge is 0.0575 e. The van der Waals surface area contributed by atoms with Gasteiger partial charge < -0.3 is 10.1 Å². The van der Waals surface area contributed by atoms with Gasteiger partial charge in [0.15, 0.2) is 0 Å². The lowest BCUT2D eigenvalue weighted by Gasteiger charge is -2.34. The molecular weight excluding hydrogens is 222 g/mol. The summed E-state index contributed by atoms with van der Waals surface area (Å²) in [5.41, 5.74) is 0.752. The van der Waals surface area contributed by atoms with E-state index in [9.17, 15) is 0 Å². The minimum absolute atomic E-state index is 0.211. The lowest BCUT2D eigenvalue weighted by atomic mass is 9.76. The maximum Gasteiger partial charge on any atom is 0.0575 e. The quantitative estimate of drug-likeness (QED) is 0.802. The average molecular weight is 255 g/mol. The van der Waals surface area contributed by atoms with Crippen LogP contribution in [-0.4, -0.2) is 24.8 Å². The summed E-state index contributed by atoms with van der Waals surface area (Å²) in [6.45, 7) is 15.6. The first kappa shape index (κ1) is 16.0. The van der Waals surface area contributed by atoms with Gasteiger partial charge in [0, 0.05) is 12.1 Å². The van der Waals surface area contributed by atoms with Gasteiger partial charge in [-0.1, -0.05) is 20.8 Å². The molecule has 1 unspecified atom stereocenters. The van der Waals surface area contributed by atoms with Crippen LogP contribution in [0.25, 0.3) is 0 Å². The first-order valence-electron chi connectivity index (χ1n) is 7.55. The Kier molecular flexibility index (Phi) is 5.67. The first-order valence-corrected chi connectivity index (χ1v) is 7.55. The lowest BCUT2D eigenvalue weighted by molar-refractivity contribution is -0.0102. The summed E-state index contributed by atoms with van der Waals surface area (Å²) in [7, 11) is 0. The number of hydrogen-bond acceptors (Lipinski definition) is 2. The zero-order chi connectivity index (χ0) is 13.8. The fourth-order valence-electron chi connectivity index (χ4n) is 2.38. The van der Waals surface area contributed by atoms with E-state index in [1.54, 1.807) is 0 Å². The minimum Gasteiger partial charge on any atom is -0.378 e. The summed E-state index contributed by atoms with van der Waals surface area (Å²) in [5.74, 6) is 0.596. The van der Waals surface area contributed by atoms with Crippen LogP contribution >= 0.6 is 0 Å². The number of rotatable bonds is 5. The second kappa shape index (κ2) is 6.38. The molecule has 0 aromatic carbocycles. The van der Waals surface area contributed by atoms with E-state index in [0.717, 1.165) is 13.2 Å². The Morgan fingerprint density at radius 1 is 1.22 bits per heavy atom. The molecule has 108 valence electrons. The highest BCUT2D eigenvalue weighted by Crippen LogP contribution is 2.36. The van der Waals surface area contributed by atoms with E-state index >= 15 is 0 Å². The standard InChI is InChI=1S/C16H33NO/c1-13(11-17-15(2,3)4)12-18-14-7-9-16(5,6)10-8-14/h13-14,17H,7-12H2,1-6H3. The Labute approximate surface area is 114 Å². The van der Waals surface area contributed by atoms with Gasteiger partial charge in [0.1, 0.15) is 0 Å². The van der Waals surface area contributed by atoms with Crippen molar-refractivity contribution in [3.8, 4) is 0 Å². The van der Waals surface area contributed by atoms with E-state index < -0.39 is 0 Å². The maximum absolute atomic E-state index is 6.06. The molecule has 0 aromatic rings. The molecule has 2 nitrogen and oxygen atoms in total. The molecule has 0 radical (unpaired) electrons. The van der Waals surface area contributed by atoms with Crippen molar-refractivity contribution in [1.29, 1.82) is 0 Å². The highest BCUT2D eigenvalue weighted by Gasteiger charge is 2.27. The Morgan fingerprint density at radius 2 is 1.78 bits per heavy atom. The zero-order valence-electron chi connectivity index (χ0n) is 13.3. The van der Waals surface area contributed by atoms with Gasteiger partial charge >= 0.3 is 0 Å². The monoisotopic (exact) mass is 255 g/mol. The molecule has 0 aromatic heterocycles. The average Bonchev–Trinajstić information content (AvgIpc) is 2.24. The lowest BCUT2D eigenvalue weighted by Crippen LogP contribution is -2.39. The third kappa shape index (κ3) is 6.75. The molecule has 0 amide bonds. The molecule has 1 aliphatic carbocycles. The molecule has 1 fully saturated rings. The second-order valence-electron chi connectivity index (χ2n) is 7.93. The number of hydrogen-bond donors (Lipinski definition) is 1. The molecule has 1 rings (SSSR count). The summed E-state index contributed by atoms with van der Waals surface area (Å²) in [6, 6.07) is 0. The second-order valence-corrected chi connectivity index (χ2v) is 7.93.